The van der Waals surface area contributed by atoms with Crippen LogP contribution in [0.25, 0.3) is 0 Å². The summed E-state index contributed by atoms with van der Waals surface area (Å²) in [5.41, 5.74) is -0.888. The van der Waals surface area contributed by atoms with Gasteiger partial charge in [-0.25, -0.2) is 9.18 Å². The largest absolute Gasteiger partial charge is 0.457 e. The fraction of sp³-hybridized carbons (Fsp3) is 0.278. The maximum absolute atomic E-state index is 13.0. The zero-order valence-corrected chi connectivity index (χ0v) is 14.9. The quantitative estimate of drug-likeness (QED) is 0.579. The van der Waals surface area contributed by atoms with Crippen LogP contribution in [0, 0.1) is 15.9 Å². The van der Waals surface area contributed by atoms with Gasteiger partial charge in [0.1, 0.15) is 17.3 Å². The average molecular weight is 362 g/mol. The zero-order chi connectivity index (χ0) is 19.5. The smallest absolute Gasteiger partial charge is 0.415 e. The number of rotatable bonds is 4. The highest BCUT2D eigenvalue weighted by molar-refractivity contribution is 5.73. The van der Waals surface area contributed by atoms with Gasteiger partial charge in [-0.05, 0) is 51.1 Å². The lowest BCUT2D eigenvalue weighted by molar-refractivity contribution is -0.385. The molecule has 0 saturated carbocycles. The Balaban J connectivity index is 2.29. The standard InChI is InChI=1S/C18H19FN2O5/c1-18(2,3)20(4)17(22)26-16-11-14(9-10-15(16)21(23)24)25-13-7-5-12(19)6-8-13/h5-11H,1-4H3. The number of ether oxygens (including phenoxy) is 2. The Morgan fingerprint density at radius 1 is 1.12 bits per heavy atom. The van der Waals surface area contributed by atoms with Crippen LogP contribution in [-0.4, -0.2) is 28.5 Å². The van der Waals surface area contributed by atoms with E-state index in [4.69, 9.17) is 9.47 Å². The lowest BCUT2D eigenvalue weighted by Gasteiger charge is -2.30. The molecule has 0 unspecified atom stereocenters. The molecule has 2 aromatic carbocycles. The van der Waals surface area contributed by atoms with E-state index in [-0.39, 0.29) is 17.2 Å². The van der Waals surface area contributed by atoms with Gasteiger partial charge in [-0.3, -0.25) is 10.1 Å². The van der Waals surface area contributed by atoms with E-state index in [0.29, 0.717) is 5.75 Å². The lowest BCUT2D eigenvalue weighted by Crippen LogP contribution is -2.44. The van der Waals surface area contributed by atoms with Crippen molar-refractivity contribution in [1.82, 2.24) is 4.90 Å². The van der Waals surface area contributed by atoms with Gasteiger partial charge < -0.3 is 14.4 Å². The fourth-order valence-electron chi connectivity index (χ4n) is 1.87. The minimum absolute atomic E-state index is 0.211. The third-order valence-corrected chi connectivity index (χ3v) is 3.65. The van der Waals surface area contributed by atoms with Crippen molar-refractivity contribution in [2.24, 2.45) is 0 Å². The van der Waals surface area contributed by atoms with Crippen molar-refractivity contribution in [3.05, 3.63) is 58.4 Å². The SMILES string of the molecule is CN(C(=O)Oc1cc(Oc2ccc(F)cc2)ccc1[N+](=O)[O-])C(C)(C)C. The molecule has 8 heteroatoms. The highest BCUT2D eigenvalue weighted by Crippen LogP contribution is 2.34. The van der Waals surface area contributed by atoms with Crippen LogP contribution in [0.3, 0.4) is 0 Å². The summed E-state index contributed by atoms with van der Waals surface area (Å²) in [6, 6.07) is 9.06. The molecule has 0 aromatic heterocycles. The van der Waals surface area contributed by atoms with Gasteiger partial charge in [-0.15, -0.1) is 0 Å². The summed E-state index contributed by atoms with van der Waals surface area (Å²) < 4.78 is 23.7. The van der Waals surface area contributed by atoms with Crippen molar-refractivity contribution in [2.75, 3.05) is 7.05 Å². The maximum atomic E-state index is 13.0. The van der Waals surface area contributed by atoms with Crippen LogP contribution in [0.15, 0.2) is 42.5 Å². The van der Waals surface area contributed by atoms with Crippen LogP contribution in [0.4, 0.5) is 14.9 Å². The molecule has 0 aliphatic heterocycles. The normalized spacial score (nSPS) is 11.0. The van der Waals surface area contributed by atoms with Gasteiger partial charge in [0.2, 0.25) is 5.75 Å². The first kappa shape index (κ1) is 19.2. The molecule has 0 radical (unpaired) electrons. The molecule has 26 heavy (non-hydrogen) atoms. The van der Waals surface area contributed by atoms with Gasteiger partial charge in [-0.2, -0.15) is 0 Å². The second-order valence-electron chi connectivity index (χ2n) is 6.54. The second kappa shape index (κ2) is 7.38. The fourth-order valence-corrected chi connectivity index (χ4v) is 1.87. The number of carbonyl (C=O) groups is 1. The number of nitro benzene ring substituents is 1. The summed E-state index contributed by atoms with van der Waals surface area (Å²) in [5, 5.41) is 11.2. The Morgan fingerprint density at radius 3 is 2.23 bits per heavy atom. The summed E-state index contributed by atoms with van der Waals surface area (Å²) in [5.74, 6) is -0.107. The Labute approximate surface area is 150 Å². The van der Waals surface area contributed by atoms with Crippen LogP contribution in [0.2, 0.25) is 0 Å². The van der Waals surface area contributed by atoms with Crippen LogP contribution in [0.5, 0.6) is 17.2 Å². The maximum Gasteiger partial charge on any atom is 0.415 e. The first-order valence-corrected chi connectivity index (χ1v) is 7.75. The zero-order valence-electron chi connectivity index (χ0n) is 14.9. The third-order valence-electron chi connectivity index (χ3n) is 3.65. The van der Waals surface area contributed by atoms with Gasteiger partial charge in [0, 0.05) is 24.7 Å². The molecular formula is C18H19FN2O5. The van der Waals surface area contributed by atoms with Gasteiger partial charge in [0.15, 0.2) is 0 Å². The monoisotopic (exact) mass is 362 g/mol. The number of amides is 1. The molecule has 138 valence electrons. The lowest BCUT2D eigenvalue weighted by atomic mass is 10.1. The van der Waals surface area contributed by atoms with E-state index >= 15 is 0 Å². The van der Waals surface area contributed by atoms with Gasteiger partial charge in [-0.1, -0.05) is 0 Å². The Kier molecular flexibility index (Phi) is 5.44. The number of hydrogen-bond acceptors (Lipinski definition) is 5. The van der Waals surface area contributed by atoms with Crippen molar-refractivity contribution in [3.8, 4) is 17.2 Å². The molecule has 0 fully saturated rings. The molecule has 2 aromatic rings. The Morgan fingerprint density at radius 2 is 1.69 bits per heavy atom. The third kappa shape index (κ3) is 4.69. The molecule has 2 rings (SSSR count). The van der Waals surface area contributed by atoms with Crippen LogP contribution < -0.4 is 9.47 Å². The van der Waals surface area contributed by atoms with Gasteiger partial charge in [0.25, 0.3) is 0 Å². The van der Waals surface area contributed by atoms with E-state index in [1.165, 1.54) is 54.4 Å². The van der Waals surface area contributed by atoms with Gasteiger partial charge in [0.05, 0.1) is 4.92 Å². The molecule has 0 aliphatic rings. The number of hydrogen-bond donors (Lipinski definition) is 0. The number of halogens is 1. The minimum Gasteiger partial charge on any atom is -0.457 e. The van der Waals surface area contributed by atoms with E-state index in [9.17, 15) is 19.3 Å². The summed E-state index contributed by atoms with van der Waals surface area (Å²) in [4.78, 5) is 24.1. The molecule has 0 bridgehead atoms. The molecule has 7 nitrogen and oxygen atoms in total. The van der Waals surface area contributed by atoms with Gasteiger partial charge >= 0.3 is 11.8 Å². The predicted molar refractivity (Wildman–Crippen MR) is 93.1 cm³/mol. The Bertz CT molecular complexity index is 815. The molecular weight excluding hydrogens is 343 g/mol. The summed E-state index contributed by atoms with van der Waals surface area (Å²) in [6.07, 6.45) is -0.737. The molecule has 1 amide bonds. The average Bonchev–Trinajstić information content (AvgIpc) is 2.55. The summed E-state index contributed by atoms with van der Waals surface area (Å²) >= 11 is 0. The van der Waals surface area contributed by atoms with E-state index in [1.807, 2.05) is 0 Å². The highest BCUT2D eigenvalue weighted by Gasteiger charge is 2.27. The number of carbonyl (C=O) groups excluding carboxylic acids is 1. The molecule has 0 saturated heterocycles. The van der Waals surface area contributed by atoms with Crippen molar-refractivity contribution in [1.29, 1.82) is 0 Å². The van der Waals surface area contributed by atoms with Crippen molar-refractivity contribution < 1.29 is 23.6 Å². The van der Waals surface area contributed by atoms with Crippen molar-refractivity contribution in [2.45, 2.75) is 26.3 Å². The highest BCUT2D eigenvalue weighted by atomic mass is 19.1. The number of benzene rings is 2. The topological polar surface area (TPSA) is 81.9 Å². The van der Waals surface area contributed by atoms with E-state index in [2.05, 4.69) is 0 Å². The summed E-state index contributed by atoms with van der Waals surface area (Å²) in [7, 11) is 1.53. The van der Waals surface area contributed by atoms with Crippen molar-refractivity contribution >= 4 is 11.8 Å². The van der Waals surface area contributed by atoms with E-state index in [0.717, 1.165) is 0 Å². The van der Waals surface area contributed by atoms with Crippen molar-refractivity contribution in [3.63, 3.8) is 0 Å². The molecule has 0 N–H and O–H groups in total. The van der Waals surface area contributed by atoms with E-state index in [1.54, 1.807) is 20.8 Å². The van der Waals surface area contributed by atoms with Crippen LogP contribution in [0.1, 0.15) is 20.8 Å². The first-order valence-electron chi connectivity index (χ1n) is 7.75. The molecule has 0 atom stereocenters. The first-order chi connectivity index (χ1) is 12.1. The number of nitrogens with zero attached hydrogens (tertiary/aromatic N) is 2. The molecule has 0 heterocycles. The molecule has 0 spiro atoms. The van der Waals surface area contributed by atoms with Crippen LogP contribution >= 0.6 is 0 Å². The predicted octanol–water partition coefficient (Wildman–Crippen LogP) is 4.76. The minimum atomic E-state index is -0.737. The second-order valence-corrected chi connectivity index (χ2v) is 6.54. The molecule has 0 aliphatic carbocycles. The van der Waals surface area contributed by atoms with E-state index < -0.39 is 22.4 Å². The number of nitro groups is 1. The summed E-state index contributed by atoms with van der Waals surface area (Å²) in [6.45, 7) is 5.41. The van der Waals surface area contributed by atoms with Crippen LogP contribution in [-0.2, 0) is 0 Å². The Hall–Kier alpha value is -3.16.